The van der Waals surface area contributed by atoms with Gasteiger partial charge >= 0.3 is 0 Å². The molecule has 3 aromatic rings. The van der Waals surface area contributed by atoms with Crippen LogP contribution in [0.5, 0.6) is 0 Å². The molecule has 0 saturated carbocycles. The van der Waals surface area contributed by atoms with Gasteiger partial charge in [0.15, 0.2) is 5.43 Å². The van der Waals surface area contributed by atoms with Gasteiger partial charge in [-0.25, -0.2) is 0 Å². The van der Waals surface area contributed by atoms with Crippen molar-refractivity contribution in [1.29, 1.82) is 0 Å². The lowest BCUT2D eigenvalue weighted by molar-refractivity contribution is 0.946. The summed E-state index contributed by atoms with van der Waals surface area (Å²) in [5, 5.41) is 0.829. The van der Waals surface area contributed by atoms with E-state index in [1.165, 1.54) is 5.56 Å². The zero-order valence-electron chi connectivity index (χ0n) is 12.9. The fraction of sp³-hybridized carbons (Fsp3) is 0.211. The van der Waals surface area contributed by atoms with Gasteiger partial charge in [0.05, 0.1) is 5.52 Å². The maximum Gasteiger partial charge on any atom is 0.197 e. The van der Waals surface area contributed by atoms with Gasteiger partial charge in [-0.1, -0.05) is 42.0 Å². The summed E-state index contributed by atoms with van der Waals surface area (Å²) in [5.74, 6) is 0. The van der Waals surface area contributed by atoms with Crippen LogP contribution < -0.4 is 5.43 Å². The molecule has 1 aromatic heterocycles. The lowest BCUT2D eigenvalue weighted by atomic mass is 9.99. The minimum Gasteiger partial charge on any atom is -0.349 e. The van der Waals surface area contributed by atoms with Crippen LogP contribution in [0.3, 0.4) is 0 Å². The molecule has 106 valence electrons. The molecule has 0 atom stereocenters. The standard InChI is InChI=1S/C19H19NO/c1-12-5-9-15(10-6-12)16-11-20(4)18-14(3)8-7-13(2)17(18)19(16)21/h5-11H,1-4H3. The van der Waals surface area contributed by atoms with Crippen LogP contribution in [0.2, 0.25) is 0 Å². The average Bonchev–Trinajstić information content (AvgIpc) is 2.46. The van der Waals surface area contributed by atoms with Crippen molar-refractivity contribution < 1.29 is 0 Å². The lowest BCUT2D eigenvalue weighted by Gasteiger charge is -2.13. The number of rotatable bonds is 1. The molecule has 0 unspecified atom stereocenters. The Bertz CT molecular complexity index is 886. The highest BCUT2D eigenvalue weighted by atomic mass is 16.1. The number of hydrogen-bond acceptors (Lipinski definition) is 1. The van der Waals surface area contributed by atoms with E-state index < -0.39 is 0 Å². The van der Waals surface area contributed by atoms with Crippen LogP contribution in [0, 0.1) is 20.8 Å². The largest absolute Gasteiger partial charge is 0.349 e. The third-order valence-corrected chi connectivity index (χ3v) is 4.10. The summed E-state index contributed by atoms with van der Waals surface area (Å²) in [6, 6.07) is 12.2. The van der Waals surface area contributed by atoms with Crippen molar-refractivity contribution in [1.82, 2.24) is 4.57 Å². The average molecular weight is 277 g/mol. The van der Waals surface area contributed by atoms with Gasteiger partial charge in [-0.15, -0.1) is 0 Å². The highest BCUT2D eigenvalue weighted by molar-refractivity contribution is 5.88. The second-order valence-corrected chi connectivity index (χ2v) is 5.77. The Hall–Kier alpha value is -2.35. The Kier molecular flexibility index (Phi) is 3.17. The van der Waals surface area contributed by atoms with E-state index >= 15 is 0 Å². The van der Waals surface area contributed by atoms with Crippen molar-refractivity contribution in [3.63, 3.8) is 0 Å². The molecule has 0 amide bonds. The number of aryl methyl sites for hydroxylation is 4. The molecule has 2 aromatic carbocycles. The van der Waals surface area contributed by atoms with Crippen molar-refractivity contribution >= 4 is 10.9 Å². The minimum atomic E-state index is 0.119. The van der Waals surface area contributed by atoms with Gasteiger partial charge in [0.2, 0.25) is 0 Å². The van der Waals surface area contributed by atoms with Crippen LogP contribution in [0.4, 0.5) is 0 Å². The van der Waals surface area contributed by atoms with Crippen LogP contribution in [0.1, 0.15) is 16.7 Å². The normalized spacial score (nSPS) is 11.0. The van der Waals surface area contributed by atoms with Crippen LogP contribution >= 0.6 is 0 Å². The van der Waals surface area contributed by atoms with E-state index in [9.17, 15) is 4.79 Å². The van der Waals surface area contributed by atoms with Crippen molar-refractivity contribution in [2.24, 2.45) is 7.05 Å². The Morgan fingerprint density at radius 1 is 0.857 bits per heavy atom. The van der Waals surface area contributed by atoms with Crippen LogP contribution in [0.15, 0.2) is 47.4 Å². The summed E-state index contributed by atoms with van der Waals surface area (Å²) < 4.78 is 2.06. The molecule has 0 spiro atoms. The molecule has 0 aliphatic rings. The van der Waals surface area contributed by atoms with E-state index in [2.05, 4.69) is 17.6 Å². The fourth-order valence-corrected chi connectivity index (χ4v) is 2.93. The Labute approximate surface area is 124 Å². The quantitative estimate of drug-likeness (QED) is 0.655. The van der Waals surface area contributed by atoms with Gasteiger partial charge in [-0.3, -0.25) is 4.79 Å². The summed E-state index contributed by atoms with van der Waals surface area (Å²) in [6.45, 7) is 6.10. The molecule has 0 saturated heterocycles. The molecular weight excluding hydrogens is 258 g/mol. The van der Waals surface area contributed by atoms with E-state index in [0.29, 0.717) is 0 Å². The molecule has 0 radical (unpaired) electrons. The topological polar surface area (TPSA) is 22.0 Å². The van der Waals surface area contributed by atoms with E-state index in [-0.39, 0.29) is 5.43 Å². The third-order valence-electron chi connectivity index (χ3n) is 4.10. The highest BCUT2D eigenvalue weighted by Crippen LogP contribution is 2.23. The number of hydrogen-bond donors (Lipinski definition) is 0. The number of benzene rings is 2. The number of pyridine rings is 1. The monoisotopic (exact) mass is 277 g/mol. The van der Waals surface area contributed by atoms with Gasteiger partial charge in [0.1, 0.15) is 0 Å². The molecule has 1 heterocycles. The predicted molar refractivity (Wildman–Crippen MR) is 88.8 cm³/mol. The van der Waals surface area contributed by atoms with Crippen molar-refractivity contribution in [2.45, 2.75) is 20.8 Å². The third kappa shape index (κ3) is 2.17. The smallest absolute Gasteiger partial charge is 0.197 e. The SMILES string of the molecule is Cc1ccc(-c2cn(C)c3c(C)ccc(C)c3c2=O)cc1. The zero-order chi connectivity index (χ0) is 15.1. The molecule has 0 aliphatic heterocycles. The molecule has 0 N–H and O–H groups in total. The predicted octanol–water partition coefficient (Wildman–Crippen LogP) is 4.13. The summed E-state index contributed by atoms with van der Waals surface area (Å²) in [6.07, 6.45) is 1.95. The Balaban J connectivity index is 2.42. The molecule has 2 heteroatoms. The summed E-state index contributed by atoms with van der Waals surface area (Å²) in [4.78, 5) is 12.9. The Morgan fingerprint density at radius 2 is 1.48 bits per heavy atom. The highest BCUT2D eigenvalue weighted by Gasteiger charge is 2.12. The van der Waals surface area contributed by atoms with Gasteiger partial charge in [-0.2, -0.15) is 0 Å². The first-order valence-electron chi connectivity index (χ1n) is 7.15. The molecule has 2 nitrogen and oxygen atoms in total. The molecule has 3 rings (SSSR count). The first-order chi connectivity index (χ1) is 9.99. The molecule has 21 heavy (non-hydrogen) atoms. The molecular formula is C19H19NO. The summed E-state index contributed by atoms with van der Waals surface area (Å²) >= 11 is 0. The summed E-state index contributed by atoms with van der Waals surface area (Å²) in [5.41, 5.74) is 6.24. The van der Waals surface area contributed by atoms with Gasteiger partial charge in [0, 0.05) is 24.2 Å². The second-order valence-electron chi connectivity index (χ2n) is 5.77. The van der Waals surface area contributed by atoms with Gasteiger partial charge in [0.25, 0.3) is 0 Å². The van der Waals surface area contributed by atoms with Crippen LogP contribution in [-0.2, 0) is 7.05 Å². The maximum atomic E-state index is 12.9. The molecule has 0 fully saturated rings. The van der Waals surface area contributed by atoms with Crippen molar-refractivity contribution in [3.05, 3.63) is 69.5 Å². The number of fused-ring (bicyclic) bond motifs is 1. The molecule has 0 aliphatic carbocycles. The maximum absolute atomic E-state index is 12.9. The van der Waals surface area contributed by atoms with Crippen LogP contribution in [0.25, 0.3) is 22.0 Å². The Morgan fingerprint density at radius 3 is 2.14 bits per heavy atom. The van der Waals surface area contributed by atoms with E-state index in [0.717, 1.165) is 33.2 Å². The summed E-state index contributed by atoms with van der Waals surface area (Å²) in [7, 11) is 2.01. The molecule has 0 bridgehead atoms. The van der Waals surface area contributed by atoms with E-state index in [1.807, 2.05) is 57.4 Å². The van der Waals surface area contributed by atoms with Gasteiger partial charge < -0.3 is 4.57 Å². The van der Waals surface area contributed by atoms with E-state index in [4.69, 9.17) is 0 Å². The first kappa shape index (κ1) is 13.6. The van der Waals surface area contributed by atoms with Crippen molar-refractivity contribution in [3.8, 4) is 11.1 Å². The number of aromatic nitrogens is 1. The zero-order valence-corrected chi connectivity index (χ0v) is 12.9. The number of nitrogens with zero attached hydrogens (tertiary/aromatic N) is 1. The first-order valence-corrected chi connectivity index (χ1v) is 7.15. The minimum absolute atomic E-state index is 0.119. The van der Waals surface area contributed by atoms with E-state index in [1.54, 1.807) is 0 Å². The van der Waals surface area contributed by atoms with Crippen LogP contribution in [-0.4, -0.2) is 4.57 Å². The second kappa shape index (κ2) is 4.88. The van der Waals surface area contributed by atoms with Gasteiger partial charge in [-0.05, 0) is 37.5 Å². The fourth-order valence-electron chi connectivity index (χ4n) is 2.93. The lowest BCUT2D eigenvalue weighted by Crippen LogP contribution is -2.12. The van der Waals surface area contributed by atoms with Crippen molar-refractivity contribution in [2.75, 3.05) is 0 Å².